The van der Waals surface area contributed by atoms with Crippen LogP contribution in [0.4, 0.5) is 0 Å². The fraction of sp³-hybridized carbons (Fsp3) is 0.533. The number of hydrogen-bond donors (Lipinski definition) is 2. The fourth-order valence-corrected chi connectivity index (χ4v) is 1.53. The average molecular weight is 281 g/mol. The van der Waals surface area contributed by atoms with Crippen molar-refractivity contribution in [3.8, 4) is 11.5 Å². The van der Waals surface area contributed by atoms with Gasteiger partial charge in [-0.1, -0.05) is 6.07 Å². The molecule has 112 valence electrons. The number of carboxylic acid groups (broad SMARTS) is 1. The van der Waals surface area contributed by atoms with Gasteiger partial charge in [0.25, 0.3) is 0 Å². The Bertz CT molecular complexity index is 465. The Kier molecular flexibility index (Phi) is 5.39. The molecule has 0 fully saturated rings. The third kappa shape index (κ3) is 5.09. The standard InChI is InChI=1S/C15H23NO4/c1-10(14(17)18)20-12-7-6-11(8-13(12)19-5)9-16-15(2,3)4/h6-8,10,16H,9H2,1-5H3,(H,17,18). The molecule has 0 aliphatic rings. The Morgan fingerprint density at radius 2 is 2.00 bits per heavy atom. The molecule has 0 spiro atoms. The van der Waals surface area contributed by atoms with Crippen molar-refractivity contribution in [1.82, 2.24) is 5.32 Å². The SMILES string of the molecule is COc1cc(CNC(C)(C)C)ccc1OC(C)C(=O)O. The van der Waals surface area contributed by atoms with E-state index in [4.69, 9.17) is 14.6 Å². The van der Waals surface area contributed by atoms with Gasteiger partial charge in [-0.05, 0) is 45.4 Å². The summed E-state index contributed by atoms with van der Waals surface area (Å²) in [6, 6.07) is 5.48. The molecule has 0 saturated heterocycles. The molecule has 0 radical (unpaired) electrons. The monoisotopic (exact) mass is 281 g/mol. The minimum absolute atomic E-state index is 0.0280. The number of aliphatic carboxylic acids is 1. The number of nitrogens with one attached hydrogen (secondary N) is 1. The van der Waals surface area contributed by atoms with Gasteiger partial charge in [-0.2, -0.15) is 0 Å². The Hall–Kier alpha value is -1.75. The zero-order chi connectivity index (χ0) is 15.3. The number of hydrogen-bond acceptors (Lipinski definition) is 4. The van der Waals surface area contributed by atoms with E-state index in [9.17, 15) is 4.79 Å². The normalized spacial score (nSPS) is 12.8. The summed E-state index contributed by atoms with van der Waals surface area (Å²) in [6.07, 6.45) is -0.914. The largest absolute Gasteiger partial charge is 0.493 e. The zero-order valence-corrected chi connectivity index (χ0v) is 12.7. The second-order valence-electron chi connectivity index (χ2n) is 5.69. The zero-order valence-electron chi connectivity index (χ0n) is 12.7. The average Bonchev–Trinajstić information content (AvgIpc) is 2.36. The van der Waals surface area contributed by atoms with E-state index in [0.29, 0.717) is 18.0 Å². The second kappa shape index (κ2) is 6.61. The molecule has 0 aliphatic carbocycles. The van der Waals surface area contributed by atoms with Crippen LogP contribution in [0.25, 0.3) is 0 Å². The molecule has 20 heavy (non-hydrogen) atoms. The first kappa shape index (κ1) is 16.3. The third-order valence-corrected chi connectivity index (χ3v) is 2.70. The van der Waals surface area contributed by atoms with E-state index in [0.717, 1.165) is 5.56 Å². The molecule has 1 unspecified atom stereocenters. The summed E-state index contributed by atoms with van der Waals surface area (Å²) in [7, 11) is 1.54. The van der Waals surface area contributed by atoms with Gasteiger partial charge in [-0.15, -0.1) is 0 Å². The van der Waals surface area contributed by atoms with Gasteiger partial charge in [0.15, 0.2) is 17.6 Å². The Morgan fingerprint density at radius 3 is 2.50 bits per heavy atom. The number of carbonyl (C=O) groups is 1. The predicted octanol–water partition coefficient (Wildman–Crippen LogP) is 2.44. The molecular formula is C15H23NO4. The van der Waals surface area contributed by atoms with Crippen LogP contribution in [0.15, 0.2) is 18.2 Å². The molecule has 0 heterocycles. The maximum atomic E-state index is 10.8. The summed E-state index contributed by atoms with van der Waals surface area (Å²) in [5.41, 5.74) is 1.08. The van der Waals surface area contributed by atoms with E-state index >= 15 is 0 Å². The second-order valence-corrected chi connectivity index (χ2v) is 5.69. The van der Waals surface area contributed by atoms with Crippen molar-refractivity contribution >= 4 is 5.97 Å². The van der Waals surface area contributed by atoms with E-state index in [1.54, 1.807) is 6.07 Å². The minimum Gasteiger partial charge on any atom is -0.493 e. The molecule has 0 saturated carbocycles. The number of methoxy groups -OCH3 is 1. The van der Waals surface area contributed by atoms with Gasteiger partial charge in [-0.25, -0.2) is 4.79 Å². The molecule has 0 aliphatic heterocycles. The summed E-state index contributed by atoms with van der Waals surface area (Å²) >= 11 is 0. The van der Waals surface area contributed by atoms with E-state index in [2.05, 4.69) is 26.1 Å². The molecule has 1 atom stereocenters. The van der Waals surface area contributed by atoms with E-state index < -0.39 is 12.1 Å². The van der Waals surface area contributed by atoms with Crippen LogP contribution in [0.1, 0.15) is 33.3 Å². The molecule has 0 bridgehead atoms. The highest BCUT2D eigenvalue weighted by Crippen LogP contribution is 2.29. The van der Waals surface area contributed by atoms with Crippen LogP contribution in [0, 0.1) is 0 Å². The third-order valence-electron chi connectivity index (χ3n) is 2.70. The van der Waals surface area contributed by atoms with Gasteiger partial charge < -0.3 is 19.9 Å². The van der Waals surface area contributed by atoms with Crippen molar-refractivity contribution in [2.45, 2.75) is 45.9 Å². The molecule has 5 heteroatoms. The van der Waals surface area contributed by atoms with Crippen LogP contribution in [-0.4, -0.2) is 29.8 Å². The van der Waals surface area contributed by atoms with Gasteiger partial charge in [0.05, 0.1) is 7.11 Å². The Labute approximate surface area is 119 Å². The number of carboxylic acids is 1. The van der Waals surface area contributed by atoms with Crippen molar-refractivity contribution < 1.29 is 19.4 Å². The highest BCUT2D eigenvalue weighted by Gasteiger charge is 2.16. The topological polar surface area (TPSA) is 67.8 Å². The van der Waals surface area contributed by atoms with Crippen LogP contribution in [0.3, 0.4) is 0 Å². The summed E-state index contributed by atoms with van der Waals surface area (Å²) in [4.78, 5) is 10.8. The van der Waals surface area contributed by atoms with E-state index in [1.807, 2.05) is 12.1 Å². The molecular weight excluding hydrogens is 258 g/mol. The lowest BCUT2D eigenvalue weighted by molar-refractivity contribution is -0.144. The number of rotatable bonds is 6. The summed E-state index contributed by atoms with van der Waals surface area (Å²) in [5.74, 6) is -0.0428. The van der Waals surface area contributed by atoms with Gasteiger partial charge in [0.1, 0.15) is 0 Å². The number of benzene rings is 1. The van der Waals surface area contributed by atoms with Crippen molar-refractivity contribution in [3.05, 3.63) is 23.8 Å². The highest BCUT2D eigenvalue weighted by atomic mass is 16.5. The lowest BCUT2D eigenvalue weighted by atomic mass is 10.1. The quantitative estimate of drug-likeness (QED) is 0.838. The molecule has 1 aromatic rings. The summed E-state index contributed by atoms with van der Waals surface area (Å²) < 4.78 is 10.6. The fourth-order valence-electron chi connectivity index (χ4n) is 1.53. The molecule has 5 nitrogen and oxygen atoms in total. The molecule has 0 amide bonds. The number of ether oxygens (including phenoxy) is 2. The maximum absolute atomic E-state index is 10.8. The molecule has 0 aromatic heterocycles. The van der Waals surface area contributed by atoms with Crippen molar-refractivity contribution in [2.24, 2.45) is 0 Å². The van der Waals surface area contributed by atoms with Crippen LogP contribution >= 0.6 is 0 Å². The Morgan fingerprint density at radius 1 is 1.35 bits per heavy atom. The van der Waals surface area contributed by atoms with E-state index in [-0.39, 0.29) is 5.54 Å². The van der Waals surface area contributed by atoms with Crippen molar-refractivity contribution in [3.63, 3.8) is 0 Å². The summed E-state index contributed by atoms with van der Waals surface area (Å²) in [6.45, 7) is 8.47. The van der Waals surface area contributed by atoms with Gasteiger partial charge in [-0.3, -0.25) is 0 Å². The smallest absolute Gasteiger partial charge is 0.344 e. The predicted molar refractivity (Wildman–Crippen MR) is 77.3 cm³/mol. The maximum Gasteiger partial charge on any atom is 0.344 e. The van der Waals surface area contributed by atoms with Gasteiger partial charge in [0, 0.05) is 12.1 Å². The lowest BCUT2D eigenvalue weighted by Gasteiger charge is -2.21. The minimum atomic E-state index is -1.01. The van der Waals surface area contributed by atoms with Crippen LogP contribution < -0.4 is 14.8 Å². The lowest BCUT2D eigenvalue weighted by Crippen LogP contribution is -2.35. The van der Waals surface area contributed by atoms with Crippen molar-refractivity contribution in [2.75, 3.05) is 7.11 Å². The van der Waals surface area contributed by atoms with Crippen LogP contribution in [-0.2, 0) is 11.3 Å². The highest BCUT2D eigenvalue weighted by molar-refractivity contribution is 5.72. The Balaban J connectivity index is 2.82. The molecule has 1 aromatic carbocycles. The van der Waals surface area contributed by atoms with Crippen LogP contribution in [0.2, 0.25) is 0 Å². The van der Waals surface area contributed by atoms with Crippen molar-refractivity contribution in [1.29, 1.82) is 0 Å². The molecule has 2 N–H and O–H groups in total. The van der Waals surface area contributed by atoms with Crippen LogP contribution in [0.5, 0.6) is 11.5 Å². The van der Waals surface area contributed by atoms with Gasteiger partial charge >= 0.3 is 5.97 Å². The first-order valence-corrected chi connectivity index (χ1v) is 6.54. The van der Waals surface area contributed by atoms with Gasteiger partial charge in [0.2, 0.25) is 0 Å². The first-order valence-electron chi connectivity index (χ1n) is 6.54. The molecule has 1 rings (SSSR count). The van der Waals surface area contributed by atoms with E-state index in [1.165, 1.54) is 14.0 Å². The summed E-state index contributed by atoms with van der Waals surface area (Å²) in [5, 5.41) is 12.2. The first-order chi connectivity index (χ1) is 9.23.